The van der Waals surface area contributed by atoms with Crippen LogP contribution in [0.15, 0.2) is 76.6 Å². The number of thioether (sulfide) groups is 1. The molecule has 2 aromatic carbocycles. The summed E-state index contributed by atoms with van der Waals surface area (Å²) in [5.41, 5.74) is 2.29. The Morgan fingerprint density at radius 2 is 1.90 bits per heavy atom. The standard InChI is InChI=1S/C22H18FN3O2S/c23-16-6-3-5-15(13-16)9-12-24-21(27)20-18(14-29-22-25-10-4-11-26-22)17-7-1-2-8-19(17)28-20/h1-8,10-11,13H,9,12,14H2,(H,24,27). The predicted octanol–water partition coefficient (Wildman–Crippen LogP) is 4.63. The highest BCUT2D eigenvalue weighted by atomic mass is 32.2. The van der Waals surface area contributed by atoms with Crippen LogP contribution in [0.25, 0.3) is 11.0 Å². The Morgan fingerprint density at radius 3 is 2.72 bits per heavy atom. The number of nitrogens with one attached hydrogen (secondary N) is 1. The lowest BCUT2D eigenvalue weighted by atomic mass is 10.1. The monoisotopic (exact) mass is 407 g/mol. The number of para-hydroxylation sites is 1. The van der Waals surface area contributed by atoms with Gasteiger partial charge in [-0.3, -0.25) is 4.79 Å². The number of halogens is 1. The number of rotatable bonds is 7. The number of carbonyl (C=O) groups is 1. The number of hydrogen-bond acceptors (Lipinski definition) is 5. The average Bonchev–Trinajstić information content (AvgIpc) is 3.12. The predicted molar refractivity (Wildman–Crippen MR) is 110 cm³/mol. The summed E-state index contributed by atoms with van der Waals surface area (Å²) in [5.74, 6) is 0.220. The molecule has 5 nitrogen and oxygen atoms in total. The average molecular weight is 407 g/mol. The van der Waals surface area contributed by atoms with Gasteiger partial charge in [-0.15, -0.1) is 0 Å². The van der Waals surface area contributed by atoms with Gasteiger partial charge in [-0.1, -0.05) is 42.1 Å². The van der Waals surface area contributed by atoms with Gasteiger partial charge in [0.15, 0.2) is 10.9 Å². The van der Waals surface area contributed by atoms with Crippen molar-refractivity contribution in [2.45, 2.75) is 17.3 Å². The molecule has 0 aliphatic rings. The highest BCUT2D eigenvalue weighted by Crippen LogP contribution is 2.30. The Labute approximate surface area is 171 Å². The summed E-state index contributed by atoms with van der Waals surface area (Å²) in [6, 6.07) is 15.7. The van der Waals surface area contributed by atoms with E-state index in [4.69, 9.17) is 4.42 Å². The van der Waals surface area contributed by atoms with E-state index < -0.39 is 0 Å². The van der Waals surface area contributed by atoms with E-state index in [9.17, 15) is 9.18 Å². The van der Waals surface area contributed by atoms with Gasteiger partial charge in [-0.2, -0.15) is 0 Å². The van der Waals surface area contributed by atoms with Crippen molar-refractivity contribution in [1.29, 1.82) is 0 Å². The first kappa shape index (κ1) is 19.1. The van der Waals surface area contributed by atoms with Crippen molar-refractivity contribution in [2.24, 2.45) is 0 Å². The van der Waals surface area contributed by atoms with Crippen molar-refractivity contribution in [1.82, 2.24) is 15.3 Å². The van der Waals surface area contributed by atoms with Crippen molar-refractivity contribution in [3.8, 4) is 0 Å². The van der Waals surface area contributed by atoms with Crippen molar-refractivity contribution >= 4 is 28.6 Å². The second kappa shape index (κ2) is 8.87. The highest BCUT2D eigenvalue weighted by molar-refractivity contribution is 7.98. The van der Waals surface area contributed by atoms with Crippen LogP contribution < -0.4 is 5.32 Å². The first-order chi connectivity index (χ1) is 14.2. The molecule has 0 aliphatic heterocycles. The van der Waals surface area contributed by atoms with Crippen molar-refractivity contribution in [3.05, 3.63) is 89.7 Å². The zero-order chi connectivity index (χ0) is 20.1. The number of hydrogen-bond donors (Lipinski definition) is 1. The maximum Gasteiger partial charge on any atom is 0.287 e. The Kier molecular flexibility index (Phi) is 5.86. The minimum atomic E-state index is -0.290. The largest absolute Gasteiger partial charge is 0.451 e. The van der Waals surface area contributed by atoms with E-state index >= 15 is 0 Å². The third-order valence-electron chi connectivity index (χ3n) is 4.38. The fourth-order valence-corrected chi connectivity index (χ4v) is 3.85. The number of aromatic nitrogens is 2. The lowest BCUT2D eigenvalue weighted by Crippen LogP contribution is -2.26. The lowest BCUT2D eigenvalue weighted by molar-refractivity contribution is 0.0927. The molecule has 2 heterocycles. The Hall–Kier alpha value is -3.19. The summed E-state index contributed by atoms with van der Waals surface area (Å²) in [6.45, 7) is 0.383. The second-order valence-corrected chi connectivity index (χ2v) is 7.30. The molecule has 0 fully saturated rings. The van der Waals surface area contributed by atoms with Crippen LogP contribution in [0.3, 0.4) is 0 Å². The number of carbonyl (C=O) groups excluding carboxylic acids is 1. The van der Waals surface area contributed by atoms with Crippen LogP contribution in [0, 0.1) is 5.82 Å². The quantitative estimate of drug-likeness (QED) is 0.357. The van der Waals surface area contributed by atoms with Crippen molar-refractivity contribution in [3.63, 3.8) is 0 Å². The SMILES string of the molecule is O=C(NCCc1cccc(F)c1)c1oc2ccccc2c1CSc1ncccn1. The van der Waals surface area contributed by atoms with Crippen LogP contribution in [0.5, 0.6) is 0 Å². The van der Waals surface area contributed by atoms with Gasteiger partial charge in [0.2, 0.25) is 0 Å². The van der Waals surface area contributed by atoms with Crippen molar-refractivity contribution < 1.29 is 13.6 Å². The number of benzene rings is 2. The molecule has 2 aromatic heterocycles. The zero-order valence-electron chi connectivity index (χ0n) is 15.5. The van der Waals surface area contributed by atoms with E-state index in [1.165, 1.54) is 23.9 Å². The van der Waals surface area contributed by atoms with Gasteiger partial charge in [0, 0.05) is 35.6 Å². The van der Waals surface area contributed by atoms with Gasteiger partial charge in [0.25, 0.3) is 5.91 Å². The topological polar surface area (TPSA) is 68.0 Å². The Bertz CT molecular complexity index is 1130. The van der Waals surface area contributed by atoms with Crippen molar-refractivity contribution in [2.75, 3.05) is 6.54 Å². The number of nitrogens with zero attached hydrogens (tertiary/aromatic N) is 2. The molecule has 4 aromatic rings. The first-order valence-corrected chi connectivity index (χ1v) is 10.1. The molecule has 0 saturated heterocycles. The molecule has 29 heavy (non-hydrogen) atoms. The number of amides is 1. The van der Waals surface area contributed by atoms with E-state index in [2.05, 4.69) is 15.3 Å². The van der Waals surface area contributed by atoms with E-state index in [0.29, 0.717) is 29.5 Å². The minimum Gasteiger partial charge on any atom is -0.451 e. The number of furan rings is 1. The lowest BCUT2D eigenvalue weighted by Gasteiger charge is -2.06. The first-order valence-electron chi connectivity index (χ1n) is 9.13. The zero-order valence-corrected chi connectivity index (χ0v) is 16.3. The molecule has 0 atom stereocenters. The maximum atomic E-state index is 13.3. The van der Waals surface area contributed by atoms with Crippen LogP contribution in [0.1, 0.15) is 21.7 Å². The summed E-state index contributed by atoms with van der Waals surface area (Å²) in [7, 11) is 0. The fourth-order valence-electron chi connectivity index (χ4n) is 3.02. The molecule has 7 heteroatoms. The molecule has 146 valence electrons. The van der Waals surface area contributed by atoms with Crippen LogP contribution in [-0.4, -0.2) is 22.4 Å². The summed E-state index contributed by atoms with van der Waals surface area (Å²) in [6.07, 6.45) is 3.90. The van der Waals surface area contributed by atoms with E-state index in [-0.39, 0.29) is 17.5 Å². The molecular weight excluding hydrogens is 389 g/mol. The molecule has 0 bridgehead atoms. The molecule has 1 amide bonds. The van der Waals surface area contributed by atoms with E-state index in [1.807, 2.05) is 30.3 Å². The van der Waals surface area contributed by atoms with Gasteiger partial charge < -0.3 is 9.73 Å². The normalized spacial score (nSPS) is 10.9. The molecule has 0 unspecified atom stereocenters. The minimum absolute atomic E-state index is 0.284. The fraction of sp³-hybridized carbons (Fsp3) is 0.136. The summed E-state index contributed by atoms with van der Waals surface area (Å²) in [4.78, 5) is 21.2. The van der Waals surface area contributed by atoms with Gasteiger partial charge in [-0.05, 0) is 36.2 Å². The van der Waals surface area contributed by atoms with Gasteiger partial charge >= 0.3 is 0 Å². The van der Waals surface area contributed by atoms with Crippen LogP contribution in [-0.2, 0) is 12.2 Å². The Morgan fingerprint density at radius 1 is 1.07 bits per heavy atom. The molecule has 0 spiro atoms. The Balaban J connectivity index is 1.50. The summed E-state index contributed by atoms with van der Waals surface area (Å²) in [5, 5.41) is 4.40. The highest BCUT2D eigenvalue weighted by Gasteiger charge is 2.20. The summed E-state index contributed by atoms with van der Waals surface area (Å²) >= 11 is 1.44. The van der Waals surface area contributed by atoms with Crippen LogP contribution >= 0.6 is 11.8 Å². The van der Waals surface area contributed by atoms with E-state index in [0.717, 1.165) is 16.5 Å². The number of fused-ring (bicyclic) bond motifs is 1. The molecular formula is C22H18FN3O2S. The second-order valence-electron chi connectivity index (χ2n) is 6.36. The molecule has 0 radical (unpaired) electrons. The molecule has 0 aliphatic carbocycles. The third-order valence-corrected chi connectivity index (χ3v) is 5.28. The van der Waals surface area contributed by atoms with E-state index in [1.54, 1.807) is 24.5 Å². The molecule has 1 N–H and O–H groups in total. The van der Waals surface area contributed by atoms with Gasteiger partial charge in [-0.25, -0.2) is 14.4 Å². The maximum absolute atomic E-state index is 13.3. The summed E-state index contributed by atoms with van der Waals surface area (Å²) < 4.78 is 19.1. The van der Waals surface area contributed by atoms with Crippen LogP contribution in [0.4, 0.5) is 4.39 Å². The third kappa shape index (κ3) is 4.63. The molecule has 0 saturated carbocycles. The smallest absolute Gasteiger partial charge is 0.287 e. The van der Waals surface area contributed by atoms with Gasteiger partial charge in [0.05, 0.1) is 0 Å². The molecule has 4 rings (SSSR count). The van der Waals surface area contributed by atoms with Gasteiger partial charge in [0.1, 0.15) is 11.4 Å². The van der Waals surface area contributed by atoms with Crippen LogP contribution in [0.2, 0.25) is 0 Å².